The normalized spacial score (nSPS) is 10.9. The lowest BCUT2D eigenvalue weighted by molar-refractivity contribution is -0.192. The number of halogens is 3. The number of benzene rings is 3. The third kappa shape index (κ3) is 6.75. The Morgan fingerprint density at radius 2 is 1.68 bits per heavy atom. The fourth-order valence-corrected chi connectivity index (χ4v) is 3.68. The summed E-state index contributed by atoms with van der Waals surface area (Å²) in [4.78, 5) is 21.5. The molecule has 4 N–H and O–H groups in total. The molecule has 0 saturated heterocycles. The number of fused-ring (bicyclic) bond motifs is 1. The van der Waals surface area contributed by atoms with Crippen molar-refractivity contribution in [1.82, 2.24) is 4.57 Å². The van der Waals surface area contributed by atoms with Crippen LogP contribution >= 0.6 is 0 Å². The van der Waals surface area contributed by atoms with Crippen LogP contribution in [0.4, 0.5) is 13.2 Å². The van der Waals surface area contributed by atoms with Crippen molar-refractivity contribution in [2.75, 3.05) is 6.61 Å². The first-order valence-corrected chi connectivity index (χ1v) is 11.1. The number of nitrogens with zero attached hydrogens (tertiary/aromatic N) is 1. The number of nitrogens with one attached hydrogen (secondary N) is 1. The molecule has 0 atom stereocenters. The number of carboxylic acids is 1. The number of carboxylic acid groups (broad SMARTS) is 1. The van der Waals surface area contributed by atoms with Gasteiger partial charge in [0.05, 0.1) is 12.2 Å². The molecule has 4 aromatic rings. The van der Waals surface area contributed by atoms with Gasteiger partial charge in [0.15, 0.2) is 0 Å². The summed E-state index contributed by atoms with van der Waals surface area (Å²) in [6, 6.07) is 21.9. The number of carbonyl (C=O) groups excluding carboxylic acids is 1. The zero-order chi connectivity index (χ0) is 27.2. The largest absolute Gasteiger partial charge is 0.490 e. The Bertz CT molecular complexity index is 1440. The van der Waals surface area contributed by atoms with Crippen molar-refractivity contribution in [2.45, 2.75) is 19.6 Å². The van der Waals surface area contributed by atoms with E-state index in [1.165, 1.54) is 16.3 Å². The molecule has 0 bridgehead atoms. The van der Waals surface area contributed by atoms with Gasteiger partial charge in [0, 0.05) is 30.1 Å². The molecule has 0 radical (unpaired) electrons. The monoisotopic (exact) mass is 511 g/mol. The number of amidine groups is 1. The Morgan fingerprint density at radius 3 is 2.32 bits per heavy atom. The predicted octanol–water partition coefficient (Wildman–Crippen LogP) is 5.45. The topological polar surface area (TPSA) is 118 Å². The van der Waals surface area contributed by atoms with Gasteiger partial charge in [-0.05, 0) is 34.9 Å². The number of esters is 1. The van der Waals surface area contributed by atoms with E-state index in [1.54, 1.807) is 13.0 Å². The van der Waals surface area contributed by atoms with Crippen molar-refractivity contribution in [3.63, 3.8) is 0 Å². The van der Waals surface area contributed by atoms with Crippen LogP contribution in [0, 0.1) is 5.41 Å². The number of carbonyl (C=O) groups is 2. The molecule has 192 valence electrons. The Morgan fingerprint density at radius 1 is 1.03 bits per heavy atom. The lowest BCUT2D eigenvalue weighted by Gasteiger charge is -2.08. The molecule has 0 aliphatic carbocycles. The van der Waals surface area contributed by atoms with Crippen LogP contribution in [0.25, 0.3) is 21.9 Å². The fourth-order valence-electron chi connectivity index (χ4n) is 3.68. The summed E-state index contributed by atoms with van der Waals surface area (Å²) >= 11 is 0. The molecule has 0 spiro atoms. The minimum atomic E-state index is -5.08. The van der Waals surface area contributed by atoms with Crippen LogP contribution in [0.1, 0.15) is 28.4 Å². The molecular formula is C27H24F3N3O4. The summed E-state index contributed by atoms with van der Waals surface area (Å²) in [6.07, 6.45) is -1.30. The van der Waals surface area contributed by atoms with Gasteiger partial charge in [0.25, 0.3) is 0 Å². The summed E-state index contributed by atoms with van der Waals surface area (Å²) in [7, 11) is 0. The number of hydrogen-bond acceptors (Lipinski definition) is 4. The van der Waals surface area contributed by atoms with Gasteiger partial charge in [-0.3, -0.25) is 5.41 Å². The molecule has 37 heavy (non-hydrogen) atoms. The Balaban J connectivity index is 0.000000479. The van der Waals surface area contributed by atoms with E-state index in [4.69, 9.17) is 25.8 Å². The van der Waals surface area contributed by atoms with E-state index >= 15 is 0 Å². The van der Waals surface area contributed by atoms with Crippen LogP contribution < -0.4 is 5.73 Å². The van der Waals surface area contributed by atoms with E-state index in [1.807, 2.05) is 53.4 Å². The van der Waals surface area contributed by atoms with Gasteiger partial charge in [0.1, 0.15) is 5.84 Å². The summed E-state index contributed by atoms with van der Waals surface area (Å²) < 4.78 is 39.0. The smallest absolute Gasteiger partial charge is 0.475 e. The molecule has 7 nitrogen and oxygen atoms in total. The first kappa shape index (κ1) is 27.0. The lowest BCUT2D eigenvalue weighted by atomic mass is 10.0. The molecule has 4 rings (SSSR count). The fraction of sp³-hybridized carbons (Fsp3) is 0.148. The SMILES string of the molecule is CCOC(=O)c1cn(Cc2cccc3ccccc23)cc1-c1cccc(C(=N)N)c1.O=C(O)C(F)(F)F. The first-order valence-electron chi connectivity index (χ1n) is 11.1. The highest BCUT2D eigenvalue weighted by Crippen LogP contribution is 2.28. The number of hydrogen-bond donors (Lipinski definition) is 3. The van der Waals surface area contributed by atoms with E-state index in [0.717, 1.165) is 11.1 Å². The molecule has 0 unspecified atom stereocenters. The van der Waals surface area contributed by atoms with E-state index in [0.29, 0.717) is 24.3 Å². The molecule has 0 aliphatic rings. The molecule has 0 aliphatic heterocycles. The number of aromatic nitrogens is 1. The minimum absolute atomic E-state index is 0.00952. The number of ether oxygens (including phenoxy) is 1. The third-order valence-electron chi connectivity index (χ3n) is 5.34. The van der Waals surface area contributed by atoms with E-state index in [-0.39, 0.29) is 11.8 Å². The standard InChI is InChI=1S/C25H23N3O2.C2HF3O2/c1-2-30-25(29)23-16-28(14-20-11-5-8-17-7-3-4-12-21(17)20)15-22(23)18-9-6-10-19(13-18)24(26)27;3-2(4,5)1(6)7/h3-13,15-16H,2,14H2,1H3,(H3,26,27);(H,6,7). The summed E-state index contributed by atoms with van der Waals surface area (Å²) in [5.41, 5.74) is 9.52. The molecule has 3 aromatic carbocycles. The zero-order valence-corrected chi connectivity index (χ0v) is 19.8. The Kier molecular flexibility index (Phi) is 8.33. The summed E-state index contributed by atoms with van der Waals surface area (Å²) in [6.45, 7) is 2.72. The zero-order valence-electron chi connectivity index (χ0n) is 19.8. The Labute approximate surface area is 210 Å². The van der Waals surface area contributed by atoms with Crippen LogP contribution in [0.3, 0.4) is 0 Å². The number of alkyl halides is 3. The van der Waals surface area contributed by atoms with Crippen LogP contribution in [0.5, 0.6) is 0 Å². The number of aliphatic carboxylic acids is 1. The van der Waals surface area contributed by atoms with Crippen LogP contribution in [-0.4, -0.2) is 40.2 Å². The van der Waals surface area contributed by atoms with Crippen molar-refractivity contribution in [1.29, 1.82) is 5.41 Å². The van der Waals surface area contributed by atoms with E-state index in [2.05, 4.69) is 24.3 Å². The van der Waals surface area contributed by atoms with Gasteiger partial charge in [-0.1, -0.05) is 60.7 Å². The van der Waals surface area contributed by atoms with Crippen LogP contribution in [0.2, 0.25) is 0 Å². The molecule has 0 saturated carbocycles. The highest BCUT2D eigenvalue weighted by Gasteiger charge is 2.38. The summed E-state index contributed by atoms with van der Waals surface area (Å²) in [5.74, 6) is -3.13. The maximum absolute atomic E-state index is 12.6. The van der Waals surface area contributed by atoms with Gasteiger partial charge in [-0.25, -0.2) is 9.59 Å². The van der Waals surface area contributed by atoms with Gasteiger partial charge in [-0.2, -0.15) is 13.2 Å². The highest BCUT2D eigenvalue weighted by atomic mass is 19.4. The maximum atomic E-state index is 12.6. The van der Waals surface area contributed by atoms with Crippen molar-refractivity contribution in [3.8, 4) is 11.1 Å². The van der Waals surface area contributed by atoms with Crippen molar-refractivity contribution >= 4 is 28.5 Å². The van der Waals surface area contributed by atoms with Crippen molar-refractivity contribution in [3.05, 3.63) is 95.8 Å². The molecule has 1 aromatic heterocycles. The van der Waals surface area contributed by atoms with Gasteiger partial charge < -0.3 is 20.1 Å². The highest BCUT2D eigenvalue weighted by molar-refractivity contribution is 5.99. The predicted molar refractivity (Wildman–Crippen MR) is 134 cm³/mol. The number of nitrogen functional groups attached to an aromatic ring is 1. The van der Waals surface area contributed by atoms with Crippen LogP contribution in [-0.2, 0) is 16.1 Å². The van der Waals surface area contributed by atoms with Gasteiger partial charge >= 0.3 is 18.1 Å². The second kappa shape index (κ2) is 11.4. The second-order valence-electron chi connectivity index (χ2n) is 7.91. The molecule has 1 heterocycles. The Hall–Kier alpha value is -4.60. The van der Waals surface area contributed by atoms with E-state index < -0.39 is 12.1 Å². The van der Waals surface area contributed by atoms with Gasteiger partial charge in [0.2, 0.25) is 0 Å². The maximum Gasteiger partial charge on any atom is 0.490 e. The average molecular weight is 512 g/mol. The lowest BCUT2D eigenvalue weighted by Crippen LogP contribution is -2.21. The quantitative estimate of drug-likeness (QED) is 0.181. The number of rotatable bonds is 6. The third-order valence-corrected chi connectivity index (χ3v) is 5.34. The molecular weight excluding hydrogens is 487 g/mol. The van der Waals surface area contributed by atoms with Crippen molar-refractivity contribution < 1.29 is 32.6 Å². The molecule has 0 fully saturated rings. The van der Waals surface area contributed by atoms with Crippen LogP contribution in [0.15, 0.2) is 79.1 Å². The first-order chi connectivity index (χ1) is 17.5. The van der Waals surface area contributed by atoms with Gasteiger partial charge in [-0.15, -0.1) is 0 Å². The molecule has 10 heteroatoms. The van der Waals surface area contributed by atoms with E-state index in [9.17, 15) is 18.0 Å². The average Bonchev–Trinajstić information content (AvgIpc) is 3.28. The number of nitrogens with two attached hydrogens (primary N) is 1. The molecule has 0 amide bonds. The minimum Gasteiger partial charge on any atom is -0.475 e. The summed E-state index contributed by atoms with van der Waals surface area (Å²) in [5, 5.41) is 17.2. The van der Waals surface area contributed by atoms with Crippen molar-refractivity contribution in [2.24, 2.45) is 5.73 Å². The second-order valence-corrected chi connectivity index (χ2v) is 7.91.